The first-order valence-electron chi connectivity index (χ1n) is 8.71. The minimum atomic E-state index is -0.225. The van der Waals surface area contributed by atoms with Gasteiger partial charge in [0.1, 0.15) is 5.82 Å². The van der Waals surface area contributed by atoms with Crippen LogP contribution in [0.15, 0.2) is 59.7 Å². The second kappa shape index (κ2) is 8.30. The van der Waals surface area contributed by atoms with Crippen molar-refractivity contribution >= 4 is 22.5 Å². The molecule has 0 spiro atoms. The number of rotatable bonds is 6. The van der Waals surface area contributed by atoms with Crippen molar-refractivity contribution in [2.24, 2.45) is 4.99 Å². The number of hydrogen-bond donors (Lipinski definition) is 0. The van der Waals surface area contributed by atoms with Gasteiger partial charge in [-0.3, -0.25) is 4.99 Å². The Bertz CT molecular complexity index is 913. The van der Waals surface area contributed by atoms with E-state index in [1.165, 1.54) is 18.9 Å². The van der Waals surface area contributed by atoms with Crippen LogP contribution in [0.1, 0.15) is 31.7 Å². The highest BCUT2D eigenvalue weighted by molar-refractivity contribution is 6.30. The van der Waals surface area contributed by atoms with Gasteiger partial charge in [-0.05, 0) is 36.2 Å². The largest absolute Gasteiger partial charge is 0.341 e. The number of unbranched alkanes of at least 4 members (excludes halogenated alkanes) is 2. The van der Waals surface area contributed by atoms with Crippen LogP contribution in [0.25, 0.3) is 10.9 Å². The van der Waals surface area contributed by atoms with Gasteiger partial charge in [0.2, 0.25) is 0 Å². The normalized spacial score (nSPS) is 12.0. The van der Waals surface area contributed by atoms with Gasteiger partial charge in [0.05, 0.1) is 10.9 Å². The highest BCUT2D eigenvalue weighted by atomic mass is 35.5. The summed E-state index contributed by atoms with van der Waals surface area (Å²) in [5, 5.41) is 2.41. The van der Waals surface area contributed by atoms with Crippen LogP contribution in [0, 0.1) is 5.82 Å². The lowest BCUT2D eigenvalue weighted by atomic mass is 10.1. The maximum Gasteiger partial charge on any atom is 0.147 e. The molecule has 0 fully saturated rings. The molecule has 0 atom stereocenters. The van der Waals surface area contributed by atoms with Gasteiger partial charge >= 0.3 is 0 Å². The van der Waals surface area contributed by atoms with E-state index in [2.05, 4.69) is 11.9 Å². The summed E-state index contributed by atoms with van der Waals surface area (Å²) in [6.07, 6.45) is 5.31. The zero-order chi connectivity index (χ0) is 17.6. The van der Waals surface area contributed by atoms with Crippen LogP contribution in [0.3, 0.4) is 0 Å². The van der Waals surface area contributed by atoms with Crippen LogP contribution in [-0.4, -0.2) is 11.1 Å². The zero-order valence-electron chi connectivity index (χ0n) is 14.4. The van der Waals surface area contributed by atoms with Crippen LogP contribution >= 0.6 is 11.6 Å². The second-order valence-corrected chi connectivity index (χ2v) is 6.62. The Morgan fingerprint density at radius 2 is 1.84 bits per heavy atom. The van der Waals surface area contributed by atoms with Crippen molar-refractivity contribution in [3.63, 3.8) is 0 Å². The van der Waals surface area contributed by atoms with Gasteiger partial charge < -0.3 is 4.57 Å². The third-order valence-electron chi connectivity index (χ3n) is 4.27. The van der Waals surface area contributed by atoms with E-state index in [1.807, 2.05) is 47.2 Å². The molecule has 0 aliphatic heterocycles. The molecule has 3 aromatic rings. The van der Waals surface area contributed by atoms with Crippen molar-refractivity contribution in [3.05, 3.63) is 76.5 Å². The van der Waals surface area contributed by atoms with Crippen LogP contribution in [-0.2, 0) is 6.54 Å². The quantitative estimate of drug-likeness (QED) is 0.513. The zero-order valence-corrected chi connectivity index (χ0v) is 15.1. The van der Waals surface area contributed by atoms with Gasteiger partial charge in [0, 0.05) is 29.7 Å². The summed E-state index contributed by atoms with van der Waals surface area (Å²) in [7, 11) is 0. The molecule has 4 heteroatoms. The average molecular weight is 357 g/mol. The first-order valence-corrected chi connectivity index (χ1v) is 9.09. The minimum Gasteiger partial charge on any atom is -0.341 e. The summed E-state index contributed by atoms with van der Waals surface area (Å²) in [4.78, 5) is 4.68. The SMILES string of the molecule is CCCCCN=c1ccn(Cc2ccc(Cl)cc2)c2c(F)cccc12. The van der Waals surface area contributed by atoms with Gasteiger partial charge in [0.15, 0.2) is 0 Å². The fourth-order valence-corrected chi connectivity index (χ4v) is 3.08. The standard InChI is InChI=1S/C21H22ClFN2/c1-2-3-4-13-24-20-12-14-25(15-16-8-10-17(22)11-9-16)21-18(20)6-5-7-19(21)23/h5-12,14H,2-4,13,15H2,1H3. The van der Waals surface area contributed by atoms with E-state index in [1.54, 1.807) is 6.07 Å². The van der Waals surface area contributed by atoms with E-state index in [9.17, 15) is 4.39 Å². The molecule has 0 aliphatic rings. The van der Waals surface area contributed by atoms with Gasteiger partial charge in [0.25, 0.3) is 0 Å². The summed E-state index contributed by atoms with van der Waals surface area (Å²) in [6.45, 7) is 3.54. The lowest BCUT2D eigenvalue weighted by Crippen LogP contribution is -2.12. The summed E-state index contributed by atoms with van der Waals surface area (Å²) in [5.74, 6) is -0.225. The monoisotopic (exact) mass is 356 g/mol. The lowest BCUT2D eigenvalue weighted by molar-refractivity contribution is 0.626. The van der Waals surface area contributed by atoms with Crippen molar-refractivity contribution in [1.82, 2.24) is 4.57 Å². The van der Waals surface area contributed by atoms with E-state index >= 15 is 0 Å². The molecule has 0 amide bonds. The van der Waals surface area contributed by atoms with Crippen LogP contribution in [0.5, 0.6) is 0 Å². The topological polar surface area (TPSA) is 17.3 Å². The fraction of sp³-hybridized carbons (Fsp3) is 0.286. The third kappa shape index (κ3) is 4.29. The van der Waals surface area contributed by atoms with Crippen molar-refractivity contribution in [1.29, 1.82) is 0 Å². The Hall–Kier alpha value is -2.13. The van der Waals surface area contributed by atoms with E-state index in [4.69, 9.17) is 11.6 Å². The van der Waals surface area contributed by atoms with Crippen LogP contribution in [0.2, 0.25) is 5.02 Å². The van der Waals surface area contributed by atoms with E-state index in [0.29, 0.717) is 17.1 Å². The predicted octanol–water partition coefficient (Wildman–Crippen LogP) is 5.57. The average Bonchev–Trinajstić information content (AvgIpc) is 2.62. The fourth-order valence-electron chi connectivity index (χ4n) is 2.96. The Kier molecular flexibility index (Phi) is 5.87. The summed E-state index contributed by atoms with van der Waals surface area (Å²) >= 11 is 5.95. The highest BCUT2D eigenvalue weighted by Gasteiger charge is 2.07. The molecular formula is C21H22ClFN2. The number of halogens is 2. The van der Waals surface area contributed by atoms with Gasteiger partial charge in [-0.1, -0.05) is 55.6 Å². The first kappa shape index (κ1) is 17.7. The molecule has 0 saturated heterocycles. The Balaban J connectivity index is 2.01. The van der Waals surface area contributed by atoms with E-state index < -0.39 is 0 Å². The van der Waals surface area contributed by atoms with Gasteiger partial charge in [-0.25, -0.2) is 4.39 Å². The number of benzene rings is 2. The van der Waals surface area contributed by atoms with Gasteiger partial charge in [-0.2, -0.15) is 0 Å². The molecule has 3 rings (SSSR count). The van der Waals surface area contributed by atoms with Crippen LogP contribution < -0.4 is 5.36 Å². The molecule has 0 radical (unpaired) electrons. The van der Waals surface area contributed by atoms with Gasteiger partial charge in [-0.15, -0.1) is 0 Å². The number of para-hydroxylation sites is 1. The lowest BCUT2D eigenvalue weighted by Gasteiger charge is -2.12. The number of aromatic nitrogens is 1. The number of hydrogen-bond acceptors (Lipinski definition) is 1. The first-order chi connectivity index (χ1) is 12.2. The highest BCUT2D eigenvalue weighted by Crippen LogP contribution is 2.17. The predicted molar refractivity (Wildman–Crippen MR) is 102 cm³/mol. The molecule has 0 saturated carbocycles. The number of fused-ring (bicyclic) bond motifs is 1. The van der Waals surface area contributed by atoms with Crippen LogP contribution in [0.4, 0.5) is 4.39 Å². The summed E-state index contributed by atoms with van der Waals surface area (Å²) < 4.78 is 16.5. The molecule has 1 heterocycles. The third-order valence-corrected chi connectivity index (χ3v) is 4.52. The molecule has 0 bridgehead atoms. The number of pyridine rings is 1. The Labute approximate surface area is 152 Å². The maximum atomic E-state index is 14.6. The molecular weight excluding hydrogens is 335 g/mol. The smallest absolute Gasteiger partial charge is 0.147 e. The molecule has 1 aromatic heterocycles. The molecule has 25 heavy (non-hydrogen) atoms. The summed E-state index contributed by atoms with van der Waals surface area (Å²) in [5.41, 5.74) is 1.67. The Morgan fingerprint density at radius 1 is 1.04 bits per heavy atom. The molecule has 2 aromatic carbocycles. The van der Waals surface area contributed by atoms with Crippen molar-refractivity contribution < 1.29 is 4.39 Å². The van der Waals surface area contributed by atoms with Crippen molar-refractivity contribution in [2.45, 2.75) is 32.7 Å². The molecule has 0 unspecified atom stereocenters. The maximum absolute atomic E-state index is 14.6. The molecule has 0 aliphatic carbocycles. The van der Waals surface area contributed by atoms with E-state index in [0.717, 1.165) is 29.3 Å². The number of nitrogens with zero attached hydrogens (tertiary/aromatic N) is 2. The minimum absolute atomic E-state index is 0.225. The molecule has 130 valence electrons. The molecule has 2 nitrogen and oxygen atoms in total. The van der Waals surface area contributed by atoms with Crippen molar-refractivity contribution in [3.8, 4) is 0 Å². The Morgan fingerprint density at radius 3 is 2.60 bits per heavy atom. The second-order valence-electron chi connectivity index (χ2n) is 6.18. The van der Waals surface area contributed by atoms with Crippen molar-refractivity contribution in [2.75, 3.05) is 6.54 Å². The molecule has 0 N–H and O–H groups in total. The van der Waals surface area contributed by atoms with E-state index in [-0.39, 0.29) is 5.82 Å². The summed E-state index contributed by atoms with van der Waals surface area (Å²) in [6, 6.07) is 14.8.